The van der Waals surface area contributed by atoms with Crippen LogP contribution in [0.5, 0.6) is 0 Å². The van der Waals surface area contributed by atoms with E-state index in [1.54, 1.807) is 0 Å². The van der Waals surface area contributed by atoms with Crippen LogP contribution in [0.4, 0.5) is 0 Å². The van der Waals surface area contributed by atoms with Gasteiger partial charge in [0.25, 0.3) is 0 Å². The lowest BCUT2D eigenvalue weighted by molar-refractivity contribution is -0.323. The number of Topliss-reactive ketones (excluding diaryl/α,β-unsaturated/α-hetero) is 1. The van der Waals surface area contributed by atoms with Gasteiger partial charge in [-0.3, -0.25) is 4.79 Å². The van der Waals surface area contributed by atoms with E-state index >= 15 is 0 Å². The summed E-state index contributed by atoms with van der Waals surface area (Å²) in [7, 11) is -2.08. The van der Waals surface area contributed by atoms with Gasteiger partial charge >= 0.3 is 0 Å². The molecule has 2 aliphatic carbocycles. The number of hydrogen-bond acceptors (Lipinski definition) is 5. The molecule has 5 nitrogen and oxygen atoms in total. The molecule has 4 fully saturated rings. The van der Waals surface area contributed by atoms with Crippen LogP contribution in [-0.2, 0) is 18.7 Å². The van der Waals surface area contributed by atoms with Gasteiger partial charge in [-0.1, -0.05) is 41.5 Å². The molecule has 0 aromatic carbocycles. The molecule has 172 valence electrons. The third-order valence-corrected chi connectivity index (χ3v) is 14.1. The van der Waals surface area contributed by atoms with E-state index in [1.807, 2.05) is 13.8 Å². The fourth-order valence-corrected chi connectivity index (χ4v) is 11.1. The zero-order chi connectivity index (χ0) is 22.3. The predicted molar refractivity (Wildman–Crippen MR) is 119 cm³/mol. The molecule has 0 aromatic heterocycles. The normalized spacial score (nSPS) is 49.8. The first-order valence-corrected chi connectivity index (χ1v) is 14.7. The van der Waals surface area contributed by atoms with Crippen LogP contribution in [0.25, 0.3) is 0 Å². The third-order valence-electron chi connectivity index (χ3n) is 9.54. The summed E-state index contributed by atoms with van der Waals surface area (Å²) >= 11 is 0. The van der Waals surface area contributed by atoms with E-state index in [1.165, 1.54) is 0 Å². The van der Waals surface area contributed by atoms with E-state index in [-0.39, 0.29) is 35.2 Å². The SMILES string of the molecule is CC[Si](CC)(CC)O[C@H]1C(=O)[C@H]2C(C)(C)CC[C@@H]3OC4(O)C[C@@H](C)O[C@@]1(C)[C@@H]4[C@@]32C. The molecule has 4 aliphatic rings. The highest BCUT2D eigenvalue weighted by Gasteiger charge is 2.80. The van der Waals surface area contributed by atoms with Crippen molar-refractivity contribution < 1.29 is 23.8 Å². The van der Waals surface area contributed by atoms with Crippen LogP contribution >= 0.6 is 0 Å². The maximum Gasteiger partial charge on any atom is 0.193 e. The molecule has 30 heavy (non-hydrogen) atoms. The minimum Gasteiger partial charge on any atom is -0.404 e. The minimum absolute atomic E-state index is 0.117. The van der Waals surface area contributed by atoms with Crippen LogP contribution in [0.3, 0.4) is 0 Å². The van der Waals surface area contributed by atoms with E-state index in [2.05, 4.69) is 41.5 Å². The number of rotatable bonds is 5. The number of ketones is 1. The summed E-state index contributed by atoms with van der Waals surface area (Å²) in [5.41, 5.74) is -1.48. The second-order valence-corrected chi connectivity index (χ2v) is 16.4. The number of aliphatic hydroxyl groups is 1. The Labute approximate surface area is 183 Å². The Morgan fingerprint density at radius 3 is 2.27 bits per heavy atom. The number of ether oxygens (including phenoxy) is 2. The highest BCUT2D eigenvalue weighted by Crippen LogP contribution is 2.70. The molecule has 2 heterocycles. The highest BCUT2D eigenvalue weighted by molar-refractivity contribution is 6.73. The second-order valence-electron chi connectivity index (χ2n) is 11.7. The van der Waals surface area contributed by atoms with Crippen LogP contribution in [0.1, 0.15) is 74.7 Å². The first-order chi connectivity index (χ1) is 13.8. The van der Waals surface area contributed by atoms with Gasteiger partial charge in [-0.25, -0.2) is 0 Å². The maximum atomic E-state index is 14.3. The summed E-state index contributed by atoms with van der Waals surface area (Å²) in [5.74, 6) is -1.56. The van der Waals surface area contributed by atoms with Crippen molar-refractivity contribution in [3.8, 4) is 0 Å². The van der Waals surface area contributed by atoms with Crippen molar-refractivity contribution in [2.24, 2.45) is 22.7 Å². The summed E-state index contributed by atoms with van der Waals surface area (Å²) in [6.07, 6.45) is 1.30. The van der Waals surface area contributed by atoms with Crippen molar-refractivity contribution in [2.45, 2.75) is 122 Å². The maximum absolute atomic E-state index is 14.3. The summed E-state index contributed by atoms with van der Waals surface area (Å²) in [5, 5.41) is 11.9. The standard InChI is InChI=1S/C24H42O5Si/c1-9-30(10-2,11-3)29-19-17(25)18-21(5,6)13-12-16-22(18,7)20-23(19,8)27-15(4)14-24(20,26)28-16/h15-16,18-20,26H,9-14H2,1-8H3/t15-,16+,18+,19+,20+,22+,23-,24?/m1/s1. The summed E-state index contributed by atoms with van der Waals surface area (Å²) < 4.78 is 20.0. The van der Waals surface area contributed by atoms with Crippen molar-refractivity contribution in [3.63, 3.8) is 0 Å². The molecule has 2 saturated carbocycles. The molecule has 6 heteroatoms. The Kier molecular flexibility index (Phi) is 5.24. The fraction of sp³-hybridized carbons (Fsp3) is 0.958. The van der Waals surface area contributed by atoms with Crippen molar-refractivity contribution in [3.05, 3.63) is 0 Å². The molecule has 0 amide bonds. The molecule has 2 aliphatic heterocycles. The Morgan fingerprint density at radius 1 is 1.10 bits per heavy atom. The Hall–Kier alpha value is -0.273. The lowest BCUT2D eigenvalue weighted by Crippen LogP contribution is -2.76. The Morgan fingerprint density at radius 2 is 1.70 bits per heavy atom. The van der Waals surface area contributed by atoms with Gasteiger partial charge in [0.2, 0.25) is 0 Å². The van der Waals surface area contributed by atoms with Crippen LogP contribution in [0, 0.1) is 22.7 Å². The first kappa shape index (κ1) is 22.9. The van der Waals surface area contributed by atoms with Crippen molar-refractivity contribution in [1.29, 1.82) is 0 Å². The van der Waals surface area contributed by atoms with Gasteiger partial charge in [-0.2, -0.15) is 0 Å². The molecule has 0 spiro atoms. The van der Waals surface area contributed by atoms with E-state index in [0.717, 1.165) is 31.0 Å². The molecule has 8 atom stereocenters. The summed E-state index contributed by atoms with van der Waals surface area (Å²) in [6.45, 7) is 17.2. The molecule has 0 radical (unpaired) electrons. The van der Waals surface area contributed by atoms with Crippen molar-refractivity contribution in [1.82, 2.24) is 0 Å². The lowest BCUT2D eigenvalue weighted by Gasteiger charge is -2.64. The summed E-state index contributed by atoms with van der Waals surface area (Å²) in [6, 6.07) is 2.94. The van der Waals surface area contributed by atoms with Gasteiger partial charge in [0.15, 0.2) is 19.9 Å². The number of carbonyl (C=O) groups is 1. The average Bonchev–Trinajstić information content (AvgIpc) is 2.88. The molecule has 2 saturated heterocycles. The molecular formula is C24H42O5Si. The number of carbonyl (C=O) groups excluding carboxylic acids is 1. The van der Waals surface area contributed by atoms with Gasteiger partial charge in [0.1, 0.15) is 11.7 Å². The zero-order valence-electron chi connectivity index (χ0n) is 20.2. The van der Waals surface area contributed by atoms with Gasteiger partial charge in [-0.15, -0.1) is 0 Å². The molecular weight excluding hydrogens is 396 g/mol. The quantitative estimate of drug-likeness (QED) is 0.632. The smallest absolute Gasteiger partial charge is 0.193 e. The van der Waals surface area contributed by atoms with Crippen LogP contribution < -0.4 is 0 Å². The van der Waals surface area contributed by atoms with E-state index in [0.29, 0.717) is 6.42 Å². The van der Waals surface area contributed by atoms with Gasteiger partial charge in [0.05, 0.1) is 18.1 Å². The van der Waals surface area contributed by atoms with Crippen molar-refractivity contribution >= 4 is 14.1 Å². The fourth-order valence-electron chi connectivity index (χ4n) is 8.28. The van der Waals surface area contributed by atoms with Crippen LogP contribution in [0.2, 0.25) is 18.1 Å². The summed E-state index contributed by atoms with van der Waals surface area (Å²) in [4.78, 5) is 14.3. The first-order valence-electron chi connectivity index (χ1n) is 12.1. The van der Waals surface area contributed by atoms with E-state index in [4.69, 9.17) is 13.9 Å². The monoisotopic (exact) mass is 438 g/mol. The third kappa shape index (κ3) is 2.76. The Bertz CT molecular complexity index is 712. The molecule has 0 aromatic rings. The lowest BCUT2D eigenvalue weighted by atomic mass is 9.43. The Balaban J connectivity index is 1.90. The van der Waals surface area contributed by atoms with Crippen LogP contribution in [-0.4, -0.2) is 48.9 Å². The molecule has 1 N–H and O–H groups in total. The average molecular weight is 439 g/mol. The molecule has 1 unspecified atom stereocenters. The van der Waals surface area contributed by atoms with Crippen molar-refractivity contribution in [2.75, 3.05) is 0 Å². The minimum atomic E-state index is -2.08. The molecule has 4 rings (SSSR count). The topological polar surface area (TPSA) is 65.0 Å². The number of hydrogen-bond donors (Lipinski definition) is 1. The van der Waals surface area contributed by atoms with E-state index in [9.17, 15) is 9.90 Å². The van der Waals surface area contributed by atoms with Gasteiger partial charge < -0.3 is 19.0 Å². The largest absolute Gasteiger partial charge is 0.404 e. The highest BCUT2D eigenvalue weighted by atomic mass is 28.4. The van der Waals surface area contributed by atoms with Crippen LogP contribution in [0.15, 0.2) is 0 Å². The second kappa shape index (κ2) is 6.86. The predicted octanol–water partition coefficient (Wildman–Crippen LogP) is 4.67. The van der Waals surface area contributed by atoms with Gasteiger partial charge in [0, 0.05) is 17.8 Å². The molecule has 0 bridgehead atoms. The van der Waals surface area contributed by atoms with Gasteiger partial charge in [-0.05, 0) is 50.2 Å². The zero-order valence-corrected chi connectivity index (χ0v) is 21.2. The van der Waals surface area contributed by atoms with E-state index < -0.39 is 31.2 Å².